The van der Waals surface area contributed by atoms with Gasteiger partial charge in [0.25, 0.3) is 0 Å². The second-order valence-corrected chi connectivity index (χ2v) is 31.8. The lowest BCUT2D eigenvalue weighted by atomic mass is 9.43. The van der Waals surface area contributed by atoms with Crippen LogP contribution in [0, 0.1) is 146 Å². The topological polar surface area (TPSA) is 178 Å². The van der Waals surface area contributed by atoms with Crippen LogP contribution in [-0.4, -0.2) is 76.5 Å². The van der Waals surface area contributed by atoms with E-state index < -0.39 is 23.8 Å². The molecule has 2 aliphatic heterocycles. The fourth-order valence-electron chi connectivity index (χ4n) is 23.7. The first-order valence-electron chi connectivity index (χ1n) is 32.2. The van der Waals surface area contributed by atoms with Gasteiger partial charge in [-0.15, -0.1) is 37.6 Å². The Bertz CT molecular complexity index is 2690. The Kier molecular flexibility index (Phi) is 15.5. The van der Waals surface area contributed by atoms with E-state index in [0.29, 0.717) is 70.6 Å². The van der Waals surface area contributed by atoms with E-state index >= 15 is 0 Å². The molecule has 14 rings (SSSR count). The predicted octanol–water partition coefficient (Wildman–Crippen LogP) is 12.9. The summed E-state index contributed by atoms with van der Waals surface area (Å²) >= 11 is 0. The van der Waals surface area contributed by atoms with Crippen molar-refractivity contribution >= 4 is 12.4 Å². The van der Waals surface area contributed by atoms with Crippen molar-refractivity contribution in [2.75, 3.05) is 0 Å². The Hall–Kier alpha value is -2.56. The lowest BCUT2D eigenvalue weighted by Gasteiger charge is -2.63. The van der Waals surface area contributed by atoms with Crippen LogP contribution in [0.2, 0.25) is 0 Å². The molecule has 81 heavy (non-hydrogen) atoms. The van der Waals surface area contributed by atoms with Crippen LogP contribution in [0.3, 0.4) is 0 Å². The summed E-state index contributed by atoms with van der Waals surface area (Å²) in [6, 6.07) is 0.563. The second-order valence-electron chi connectivity index (χ2n) is 31.8. The molecule has 2 saturated heterocycles. The molecule has 10 saturated carbocycles. The van der Waals surface area contributed by atoms with E-state index in [-0.39, 0.29) is 87.8 Å². The molecule has 0 radical (unpaired) electrons. The van der Waals surface area contributed by atoms with Crippen molar-refractivity contribution in [1.82, 2.24) is 0 Å². The van der Waals surface area contributed by atoms with Crippen molar-refractivity contribution in [3.63, 3.8) is 0 Å². The third-order valence-corrected chi connectivity index (χ3v) is 27.8. The van der Waals surface area contributed by atoms with E-state index in [9.17, 15) is 10.2 Å². The van der Waals surface area contributed by atoms with Crippen molar-refractivity contribution in [1.29, 1.82) is 0 Å². The first kappa shape index (κ1) is 60.1. The second kappa shape index (κ2) is 20.8. The molecule has 12 fully saturated rings. The molecule has 12 heteroatoms. The average Bonchev–Trinajstić information content (AvgIpc) is 4.40. The highest BCUT2D eigenvalue weighted by Gasteiger charge is 2.71. The Balaban J connectivity index is 0.000000128. The average molecular weight is 1130 g/mol. The SMILES string of the molecule is C#CC1=CCC2C3C(CC[C@]12C)[C@@]1(C)CC[C@H](N)CC1[C@@H](O)[C@@H]3O.C#CC1=CCC2C3C(CC[C@]12C)[C@@]1(C)CC[C@H](N=[N+]=[N-])CC1[C@H]1OC(C)(C)O[C@H]31.C#CC1CCC2C3C(CC[C@]12C)[C@@]1(C)CC[C@H](N)CC1[C@H]1OC(C)(C)O[C@H]31.Cl. The Morgan fingerprint density at radius 1 is 0.506 bits per heavy atom. The minimum absolute atomic E-state index is 0. The number of fused-ring (bicyclic) bond motifs is 21. The van der Waals surface area contributed by atoms with E-state index in [1.165, 1.54) is 50.5 Å². The van der Waals surface area contributed by atoms with Gasteiger partial charge >= 0.3 is 0 Å². The van der Waals surface area contributed by atoms with Gasteiger partial charge in [0.15, 0.2) is 11.6 Å². The smallest absolute Gasteiger partial charge is 0.163 e. The van der Waals surface area contributed by atoms with Gasteiger partial charge in [-0.2, -0.15) is 0 Å². The van der Waals surface area contributed by atoms with Crippen LogP contribution in [0.15, 0.2) is 28.4 Å². The molecule has 0 aromatic rings. The molecule has 0 aromatic heterocycles. The number of halogens is 1. The van der Waals surface area contributed by atoms with E-state index in [1.807, 2.05) is 13.8 Å². The fourth-order valence-corrected chi connectivity index (χ4v) is 23.7. The largest absolute Gasteiger partial charge is 0.390 e. The highest BCUT2D eigenvalue weighted by atomic mass is 35.5. The van der Waals surface area contributed by atoms with Crippen LogP contribution >= 0.6 is 12.4 Å². The van der Waals surface area contributed by atoms with Gasteiger partial charge in [-0.25, -0.2) is 0 Å². The van der Waals surface area contributed by atoms with Crippen molar-refractivity contribution < 1.29 is 29.2 Å². The molecule has 0 aromatic carbocycles. The zero-order valence-electron chi connectivity index (χ0n) is 51.0. The summed E-state index contributed by atoms with van der Waals surface area (Å²) in [4.78, 5) is 3.11. The Labute approximate surface area is 493 Å². The maximum absolute atomic E-state index is 11.1. The van der Waals surface area contributed by atoms with Crippen molar-refractivity contribution in [2.45, 2.75) is 258 Å². The number of rotatable bonds is 1. The van der Waals surface area contributed by atoms with Gasteiger partial charge in [-0.1, -0.05) is 70.6 Å². The Morgan fingerprint density at radius 2 is 0.926 bits per heavy atom. The summed E-state index contributed by atoms with van der Waals surface area (Å²) in [7, 11) is 0. The molecular weight excluding hydrogens is 1030 g/mol. The van der Waals surface area contributed by atoms with Gasteiger partial charge < -0.3 is 40.6 Å². The molecule has 6 N–H and O–H groups in total. The fraction of sp³-hybridized carbons (Fsp3) is 0.855. The standard InChI is InChI=1S/C24H33N3O2.C24H37NO2.C21H31NO2.ClH/c1-6-14-7-8-16-19-17(10-12-23(14,16)4)24(5)11-9-15(26-27-25)13-18(24)20-21(19)29-22(2,3)28-20;1-6-14-7-8-16-19-17(10-12-23(14,16)4)24(5)11-9-15(25)13-18(24)20-21(19)27-22(2,3)26-20;1-4-12-5-6-14-17-15(8-10-20(12,14)2)21(3)9-7-13(22)11-16(21)18(23)19(17)24;/h1,7,15-21H,8-13H2,2-5H3;1,14-21H,7-13,25H2,2-5H3;1,5,13-19,23-24H,6-11,22H2,2-3H3;1H/t15-,16?,17?,18?,19?,20+,21+,23+,24+;14?,15-,16?,17?,18?,19?,20+,21+,23+,24+;13-,14?,15?,16?,17?,18+,19+,20+,21+;/m000./s1. The number of hydrogen-bond acceptors (Lipinski definition) is 9. The molecule has 14 aliphatic rings. The highest BCUT2D eigenvalue weighted by molar-refractivity contribution is 5.85. The third kappa shape index (κ3) is 8.99. The van der Waals surface area contributed by atoms with Crippen LogP contribution in [-0.2, 0) is 18.9 Å². The molecule has 0 amide bonds. The molecule has 13 unspecified atom stereocenters. The van der Waals surface area contributed by atoms with Crippen molar-refractivity contribution in [3.8, 4) is 37.0 Å². The number of ether oxygens (including phenoxy) is 4. The summed E-state index contributed by atoms with van der Waals surface area (Å²) in [5.41, 5.74) is 25.0. The summed E-state index contributed by atoms with van der Waals surface area (Å²) in [6.07, 6.45) is 42.5. The zero-order chi connectivity index (χ0) is 57.1. The van der Waals surface area contributed by atoms with Crippen molar-refractivity contribution in [2.24, 2.45) is 126 Å². The molecule has 12 aliphatic carbocycles. The van der Waals surface area contributed by atoms with Gasteiger partial charge in [0.05, 0.1) is 36.6 Å². The molecule has 28 atom stereocenters. The van der Waals surface area contributed by atoms with Gasteiger partial charge in [-0.3, -0.25) is 0 Å². The summed E-state index contributed by atoms with van der Waals surface area (Å²) < 4.78 is 26.5. The van der Waals surface area contributed by atoms with Crippen LogP contribution < -0.4 is 11.5 Å². The van der Waals surface area contributed by atoms with Gasteiger partial charge in [-0.05, 0) is 248 Å². The molecule has 446 valence electrons. The van der Waals surface area contributed by atoms with Crippen LogP contribution in [0.4, 0.5) is 0 Å². The normalized spacial score (nSPS) is 54.9. The van der Waals surface area contributed by atoms with Crippen LogP contribution in [0.5, 0.6) is 0 Å². The first-order valence-corrected chi connectivity index (χ1v) is 32.2. The maximum atomic E-state index is 11.1. The predicted molar refractivity (Wildman–Crippen MR) is 320 cm³/mol. The van der Waals surface area contributed by atoms with Gasteiger partial charge in [0, 0.05) is 50.9 Å². The zero-order valence-corrected chi connectivity index (χ0v) is 51.8. The molecular formula is C69H102ClN5O6. The minimum Gasteiger partial charge on any atom is -0.390 e. The number of aliphatic hydroxyl groups is 2. The number of azide groups is 1. The number of hydrogen-bond donors (Lipinski definition) is 4. The number of nitrogens with two attached hydrogens (primary N) is 2. The van der Waals surface area contributed by atoms with Gasteiger partial charge in [0.2, 0.25) is 0 Å². The summed E-state index contributed by atoms with van der Waals surface area (Å²) in [5.74, 6) is 14.1. The molecule has 11 nitrogen and oxygen atoms in total. The van der Waals surface area contributed by atoms with Crippen molar-refractivity contribution in [3.05, 3.63) is 33.7 Å². The lowest BCUT2D eigenvalue weighted by molar-refractivity contribution is -0.210. The van der Waals surface area contributed by atoms with Crippen LogP contribution in [0.1, 0.15) is 191 Å². The quantitative estimate of drug-likeness (QED) is 0.0867. The van der Waals surface area contributed by atoms with Crippen LogP contribution in [0.25, 0.3) is 10.4 Å². The van der Waals surface area contributed by atoms with E-state index in [2.05, 4.69) is 95.3 Å². The first-order chi connectivity index (χ1) is 37.8. The molecule has 0 spiro atoms. The number of aliphatic hydroxyl groups excluding tert-OH is 2. The Morgan fingerprint density at radius 3 is 1.44 bits per heavy atom. The highest BCUT2D eigenvalue weighted by Crippen LogP contribution is 2.72. The number of allylic oxidation sites excluding steroid dienone is 4. The minimum atomic E-state index is -0.653. The van der Waals surface area contributed by atoms with E-state index in [1.54, 1.807) is 0 Å². The molecule has 2 heterocycles. The lowest BCUT2D eigenvalue weighted by Crippen LogP contribution is -2.64. The van der Waals surface area contributed by atoms with E-state index in [4.69, 9.17) is 55.2 Å². The monoisotopic (exact) mass is 1130 g/mol. The maximum Gasteiger partial charge on any atom is 0.163 e. The van der Waals surface area contributed by atoms with Gasteiger partial charge in [0.1, 0.15) is 0 Å². The van der Waals surface area contributed by atoms with E-state index in [0.717, 1.165) is 88.5 Å². The summed E-state index contributed by atoms with van der Waals surface area (Å²) in [5, 5.41) is 26.1. The third-order valence-electron chi connectivity index (χ3n) is 27.8. The summed E-state index contributed by atoms with van der Waals surface area (Å²) in [6.45, 7) is 22.8. The number of terminal acetylenes is 3. The number of nitrogens with zero attached hydrogens (tertiary/aromatic N) is 3. The molecule has 0 bridgehead atoms.